The quantitative estimate of drug-likeness (QED) is 0.687. The molecule has 0 unspecified atom stereocenters. The smallest absolute Gasteiger partial charge is 0.237 e. The van der Waals surface area contributed by atoms with Crippen LogP contribution in [0.4, 0.5) is 4.39 Å². The number of thioether (sulfide) groups is 1. The van der Waals surface area contributed by atoms with Gasteiger partial charge in [0.25, 0.3) is 0 Å². The van der Waals surface area contributed by atoms with Crippen molar-refractivity contribution in [3.8, 4) is 0 Å². The first-order chi connectivity index (χ1) is 13.3. The Morgan fingerprint density at radius 3 is 2.61 bits per heavy atom. The Balaban J connectivity index is 1.72. The molecule has 1 atom stereocenters. The lowest BCUT2D eigenvalue weighted by atomic mass is 10.0. The Bertz CT molecular complexity index is 822. The van der Waals surface area contributed by atoms with Crippen molar-refractivity contribution in [1.82, 2.24) is 9.80 Å². The number of carbonyl (C=O) groups is 1. The predicted octanol–water partition coefficient (Wildman–Crippen LogP) is 4.93. The van der Waals surface area contributed by atoms with Crippen LogP contribution in [0.1, 0.15) is 41.5 Å². The molecule has 3 nitrogen and oxygen atoms in total. The van der Waals surface area contributed by atoms with Crippen LogP contribution < -0.4 is 0 Å². The van der Waals surface area contributed by atoms with Crippen LogP contribution in [0.15, 0.2) is 42.5 Å². The summed E-state index contributed by atoms with van der Waals surface area (Å²) < 4.78 is 13.3. The molecule has 28 heavy (non-hydrogen) atoms. The number of halogens is 1. The van der Waals surface area contributed by atoms with Gasteiger partial charge in [-0.25, -0.2) is 4.39 Å². The molecule has 5 heteroatoms. The van der Waals surface area contributed by atoms with E-state index in [0.29, 0.717) is 6.54 Å². The van der Waals surface area contributed by atoms with E-state index in [1.807, 2.05) is 4.90 Å². The highest BCUT2D eigenvalue weighted by Gasteiger charge is 2.31. The summed E-state index contributed by atoms with van der Waals surface area (Å²) in [5, 5.41) is -0.0252. The first-order valence-corrected chi connectivity index (χ1v) is 10.9. The summed E-state index contributed by atoms with van der Waals surface area (Å²) in [6.45, 7) is 10.4. The van der Waals surface area contributed by atoms with E-state index in [0.717, 1.165) is 24.4 Å². The maximum Gasteiger partial charge on any atom is 0.237 e. The zero-order chi connectivity index (χ0) is 20.3. The number of hydrogen-bond acceptors (Lipinski definition) is 3. The molecule has 2 aromatic carbocycles. The minimum atomic E-state index is -0.246. The van der Waals surface area contributed by atoms with Gasteiger partial charge in [-0.1, -0.05) is 35.9 Å². The van der Waals surface area contributed by atoms with E-state index in [4.69, 9.17) is 0 Å². The summed E-state index contributed by atoms with van der Waals surface area (Å²) >= 11 is 1.75. The maximum absolute atomic E-state index is 13.3. The van der Waals surface area contributed by atoms with Crippen LogP contribution in [0.2, 0.25) is 0 Å². The van der Waals surface area contributed by atoms with E-state index in [2.05, 4.69) is 50.8 Å². The SMILES string of the molecule is Cc1ccc(C)c(CN(CC(=O)N2CCS[C@@H]2c2ccc(F)cc2)C(C)C)c1. The number of nitrogens with zero attached hydrogens (tertiary/aromatic N) is 2. The monoisotopic (exact) mass is 400 g/mol. The second-order valence-corrected chi connectivity index (χ2v) is 8.98. The van der Waals surface area contributed by atoms with Crippen molar-refractivity contribution >= 4 is 17.7 Å². The maximum atomic E-state index is 13.3. The number of rotatable bonds is 6. The highest BCUT2D eigenvalue weighted by Crippen LogP contribution is 2.38. The minimum Gasteiger partial charge on any atom is -0.325 e. The van der Waals surface area contributed by atoms with Crippen molar-refractivity contribution in [1.29, 1.82) is 0 Å². The Labute approximate surface area is 171 Å². The summed E-state index contributed by atoms with van der Waals surface area (Å²) in [5.74, 6) is 0.800. The molecular weight excluding hydrogens is 371 g/mol. The van der Waals surface area contributed by atoms with Gasteiger partial charge in [-0.05, 0) is 56.5 Å². The molecule has 150 valence electrons. The zero-order valence-corrected chi connectivity index (χ0v) is 17.9. The van der Waals surface area contributed by atoms with Gasteiger partial charge in [-0.15, -0.1) is 11.8 Å². The first kappa shape index (κ1) is 20.9. The van der Waals surface area contributed by atoms with Gasteiger partial charge in [0.15, 0.2) is 0 Å². The average Bonchev–Trinajstić information content (AvgIpc) is 3.14. The number of hydrogen-bond donors (Lipinski definition) is 0. The molecule has 1 saturated heterocycles. The van der Waals surface area contributed by atoms with E-state index in [9.17, 15) is 9.18 Å². The highest BCUT2D eigenvalue weighted by molar-refractivity contribution is 7.99. The Morgan fingerprint density at radius 1 is 1.21 bits per heavy atom. The molecule has 1 fully saturated rings. The van der Waals surface area contributed by atoms with Crippen molar-refractivity contribution < 1.29 is 9.18 Å². The van der Waals surface area contributed by atoms with Gasteiger partial charge < -0.3 is 4.90 Å². The van der Waals surface area contributed by atoms with Gasteiger partial charge in [0.05, 0.1) is 6.54 Å². The van der Waals surface area contributed by atoms with E-state index < -0.39 is 0 Å². The molecule has 1 amide bonds. The van der Waals surface area contributed by atoms with Crippen molar-refractivity contribution in [3.05, 3.63) is 70.5 Å². The molecule has 0 radical (unpaired) electrons. The van der Waals surface area contributed by atoms with Crippen LogP contribution in [0.5, 0.6) is 0 Å². The molecule has 2 aromatic rings. The Kier molecular flexibility index (Phi) is 6.78. The van der Waals surface area contributed by atoms with E-state index in [-0.39, 0.29) is 23.1 Å². The fourth-order valence-electron chi connectivity index (χ4n) is 3.50. The fourth-order valence-corrected chi connectivity index (χ4v) is 4.78. The summed E-state index contributed by atoms with van der Waals surface area (Å²) in [6.07, 6.45) is 0. The summed E-state index contributed by atoms with van der Waals surface area (Å²) in [6, 6.07) is 13.3. The normalized spacial score (nSPS) is 17.0. The van der Waals surface area contributed by atoms with E-state index in [1.54, 1.807) is 23.9 Å². The summed E-state index contributed by atoms with van der Waals surface area (Å²) in [4.78, 5) is 17.3. The van der Waals surface area contributed by atoms with Gasteiger partial charge in [0, 0.05) is 24.9 Å². The molecule has 0 saturated carbocycles. The van der Waals surface area contributed by atoms with Crippen molar-refractivity contribution in [2.24, 2.45) is 0 Å². The predicted molar refractivity (Wildman–Crippen MR) is 115 cm³/mol. The molecule has 0 aromatic heterocycles. The second kappa shape index (κ2) is 9.10. The number of aryl methyl sites for hydroxylation is 2. The summed E-state index contributed by atoms with van der Waals surface area (Å²) in [7, 11) is 0. The first-order valence-electron chi connectivity index (χ1n) is 9.82. The van der Waals surface area contributed by atoms with Crippen LogP contribution in [-0.4, -0.2) is 40.6 Å². The van der Waals surface area contributed by atoms with Crippen molar-refractivity contribution in [3.63, 3.8) is 0 Å². The van der Waals surface area contributed by atoms with Crippen molar-refractivity contribution in [2.75, 3.05) is 18.8 Å². The van der Waals surface area contributed by atoms with Gasteiger partial charge in [-0.2, -0.15) is 0 Å². The van der Waals surface area contributed by atoms with Crippen LogP contribution in [0.3, 0.4) is 0 Å². The highest BCUT2D eigenvalue weighted by atomic mass is 32.2. The Morgan fingerprint density at radius 2 is 1.93 bits per heavy atom. The molecule has 0 N–H and O–H groups in total. The van der Waals surface area contributed by atoms with Crippen LogP contribution >= 0.6 is 11.8 Å². The molecule has 1 aliphatic heterocycles. The van der Waals surface area contributed by atoms with Gasteiger partial charge in [0.1, 0.15) is 11.2 Å². The molecule has 1 aliphatic rings. The lowest BCUT2D eigenvalue weighted by Gasteiger charge is -2.31. The molecule has 0 bridgehead atoms. The lowest BCUT2D eigenvalue weighted by molar-refractivity contribution is -0.133. The molecule has 0 spiro atoms. The number of amides is 1. The molecule has 3 rings (SSSR count). The molecular formula is C23H29FN2OS. The Hall–Kier alpha value is -1.85. The van der Waals surface area contributed by atoms with E-state index >= 15 is 0 Å². The standard InChI is InChI=1S/C23H29FN2OS/c1-16(2)25(14-20-13-17(3)5-6-18(20)4)15-22(27)26-11-12-28-23(26)19-7-9-21(24)10-8-19/h5-10,13,16,23H,11-12,14-15H2,1-4H3/t23-/m1/s1. The third kappa shape index (κ3) is 4.95. The summed E-state index contributed by atoms with van der Waals surface area (Å²) in [5.41, 5.74) is 4.75. The van der Waals surface area contributed by atoms with Gasteiger partial charge in [-0.3, -0.25) is 9.69 Å². The fraction of sp³-hybridized carbons (Fsp3) is 0.435. The van der Waals surface area contributed by atoms with Crippen molar-refractivity contribution in [2.45, 2.75) is 45.7 Å². The van der Waals surface area contributed by atoms with Gasteiger partial charge >= 0.3 is 0 Å². The lowest BCUT2D eigenvalue weighted by Crippen LogP contribution is -2.42. The molecule has 0 aliphatic carbocycles. The zero-order valence-electron chi connectivity index (χ0n) is 17.1. The van der Waals surface area contributed by atoms with Crippen LogP contribution in [0, 0.1) is 19.7 Å². The third-order valence-electron chi connectivity index (χ3n) is 5.31. The largest absolute Gasteiger partial charge is 0.325 e. The number of benzene rings is 2. The third-order valence-corrected chi connectivity index (χ3v) is 6.57. The van der Waals surface area contributed by atoms with Crippen LogP contribution in [0.25, 0.3) is 0 Å². The second-order valence-electron chi connectivity index (χ2n) is 7.79. The van der Waals surface area contributed by atoms with Gasteiger partial charge in [0.2, 0.25) is 5.91 Å². The molecule has 1 heterocycles. The topological polar surface area (TPSA) is 23.6 Å². The average molecular weight is 401 g/mol. The van der Waals surface area contributed by atoms with Crippen LogP contribution in [-0.2, 0) is 11.3 Å². The minimum absolute atomic E-state index is 0.0252. The number of carbonyl (C=O) groups excluding carboxylic acids is 1. The van der Waals surface area contributed by atoms with E-state index in [1.165, 1.54) is 28.8 Å².